The highest BCUT2D eigenvalue weighted by Crippen LogP contribution is 2.26. The van der Waals surface area contributed by atoms with Crippen molar-refractivity contribution in [3.05, 3.63) is 26.6 Å². The number of hydrogen-bond acceptors (Lipinski definition) is 4. The van der Waals surface area contributed by atoms with E-state index in [1.54, 1.807) is 11.3 Å². The maximum atomic E-state index is 13.0. The van der Waals surface area contributed by atoms with Gasteiger partial charge in [-0.2, -0.15) is 0 Å². The molecular formula is C17H27N3OS. The molecule has 0 aromatic carbocycles. The average molecular weight is 321 g/mol. The third kappa shape index (κ3) is 3.25. The maximum Gasteiger partial charge on any atom is 0.262 e. The van der Waals surface area contributed by atoms with Crippen LogP contribution in [0.2, 0.25) is 0 Å². The lowest BCUT2D eigenvalue weighted by atomic mass is 10.2. The summed E-state index contributed by atoms with van der Waals surface area (Å²) in [5, 5.41) is 0.812. The molecule has 0 radical (unpaired) electrons. The summed E-state index contributed by atoms with van der Waals surface area (Å²) in [5.41, 5.74) is 1.21. The molecule has 2 heterocycles. The number of aromatic nitrogens is 2. The Morgan fingerprint density at radius 1 is 1.23 bits per heavy atom. The van der Waals surface area contributed by atoms with E-state index in [4.69, 9.17) is 4.98 Å². The van der Waals surface area contributed by atoms with E-state index in [0.29, 0.717) is 5.92 Å². The van der Waals surface area contributed by atoms with Crippen LogP contribution in [0, 0.1) is 19.8 Å². The number of nitrogens with zero attached hydrogens (tertiary/aromatic N) is 3. The second-order valence-corrected chi connectivity index (χ2v) is 7.47. The fourth-order valence-electron chi connectivity index (χ4n) is 2.69. The SMILES string of the molecule is CCN(CC)Cc1nc2sc(C)c(C)c2c(=O)n1CC(C)C. The van der Waals surface area contributed by atoms with E-state index in [1.807, 2.05) is 11.5 Å². The number of fused-ring (bicyclic) bond motifs is 1. The molecule has 0 saturated carbocycles. The van der Waals surface area contributed by atoms with Crippen LogP contribution in [-0.4, -0.2) is 27.5 Å². The van der Waals surface area contributed by atoms with E-state index < -0.39 is 0 Å². The summed E-state index contributed by atoms with van der Waals surface area (Å²) in [6, 6.07) is 0. The first kappa shape index (κ1) is 17.2. The second kappa shape index (κ2) is 6.92. The Hall–Kier alpha value is -1.20. The molecule has 0 aliphatic rings. The van der Waals surface area contributed by atoms with Gasteiger partial charge in [-0.3, -0.25) is 14.3 Å². The first-order chi connectivity index (χ1) is 10.4. The number of rotatable bonds is 6. The Kier molecular flexibility index (Phi) is 5.40. The van der Waals surface area contributed by atoms with Crippen LogP contribution in [0.25, 0.3) is 10.2 Å². The van der Waals surface area contributed by atoms with Crippen molar-refractivity contribution in [2.24, 2.45) is 5.92 Å². The first-order valence-corrected chi connectivity index (χ1v) is 8.92. The topological polar surface area (TPSA) is 38.1 Å². The summed E-state index contributed by atoms with van der Waals surface area (Å²) in [7, 11) is 0. The minimum atomic E-state index is 0.128. The molecule has 22 heavy (non-hydrogen) atoms. The molecule has 0 unspecified atom stereocenters. The zero-order valence-corrected chi connectivity index (χ0v) is 15.4. The normalized spacial score (nSPS) is 12.0. The molecule has 0 spiro atoms. The third-order valence-corrected chi connectivity index (χ3v) is 5.28. The second-order valence-electron chi connectivity index (χ2n) is 6.26. The number of thiophene rings is 1. The van der Waals surface area contributed by atoms with E-state index in [2.05, 4.69) is 39.5 Å². The van der Waals surface area contributed by atoms with Crippen molar-refractivity contribution in [3.8, 4) is 0 Å². The number of hydrogen-bond donors (Lipinski definition) is 0. The van der Waals surface area contributed by atoms with E-state index >= 15 is 0 Å². The predicted octanol–water partition coefficient (Wildman–Crippen LogP) is 3.57. The van der Waals surface area contributed by atoms with Crippen LogP contribution in [0.1, 0.15) is 44.0 Å². The highest BCUT2D eigenvalue weighted by Gasteiger charge is 2.18. The molecule has 0 saturated heterocycles. The van der Waals surface area contributed by atoms with Crippen LogP contribution in [0.4, 0.5) is 0 Å². The van der Waals surface area contributed by atoms with Crippen molar-refractivity contribution in [1.29, 1.82) is 0 Å². The Morgan fingerprint density at radius 3 is 2.41 bits per heavy atom. The number of aryl methyl sites for hydroxylation is 2. The van der Waals surface area contributed by atoms with E-state index in [9.17, 15) is 4.79 Å². The highest BCUT2D eigenvalue weighted by atomic mass is 32.1. The quantitative estimate of drug-likeness (QED) is 0.816. The largest absolute Gasteiger partial charge is 0.297 e. The van der Waals surface area contributed by atoms with Gasteiger partial charge in [0.1, 0.15) is 10.7 Å². The van der Waals surface area contributed by atoms with E-state index in [-0.39, 0.29) is 5.56 Å². The van der Waals surface area contributed by atoms with Gasteiger partial charge in [0.05, 0.1) is 11.9 Å². The molecule has 0 N–H and O–H groups in total. The van der Waals surface area contributed by atoms with Crippen LogP contribution < -0.4 is 5.56 Å². The van der Waals surface area contributed by atoms with Gasteiger partial charge in [-0.15, -0.1) is 11.3 Å². The fourth-order valence-corrected chi connectivity index (χ4v) is 3.73. The van der Waals surface area contributed by atoms with Gasteiger partial charge in [0.25, 0.3) is 5.56 Å². The van der Waals surface area contributed by atoms with Crippen molar-refractivity contribution in [3.63, 3.8) is 0 Å². The van der Waals surface area contributed by atoms with Crippen LogP contribution in [0.15, 0.2) is 4.79 Å². The molecule has 0 bridgehead atoms. The van der Waals surface area contributed by atoms with Crippen molar-refractivity contribution in [2.45, 2.75) is 54.6 Å². The van der Waals surface area contributed by atoms with Crippen LogP contribution in [-0.2, 0) is 13.1 Å². The van der Waals surface area contributed by atoms with Crippen molar-refractivity contribution in [2.75, 3.05) is 13.1 Å². The lowest BCUT2D eigenvalue weighted by Gasteiger charge is -2.21. The van der Waals surface area contributed by atoms with Crippen LogP contribution >= 0.6 is 11.3 Å². The molecule has 2 aromatic rings. The summed E-state index contributed by atoms with van der Waals surface area (Å²) < 4.78 is 1.89. The molecule has 0 aliphatic heterocycles. The van der Waals surface area contributed by atoms with Crippen LogP contribution in [0.3, 0.4) is 0 Å². The zero-order chi connectivity index (χ0) is 16.4. The van der Waals surface area contributed by atoms with Gasteiger partial charge in [0.2, 0.25) is 0 Å². The van der Waals surface area contributed by atoms with Gasteiger partial charge in [-0.1, -0.05) is 27.7 Å². The predicted molar refractivity (Wildman–Crippen MR) is 94.8 cm³/mol. The standard InChI is InChI=1S/C17H27N3OS/c1-7-19(8-2)10-14-18-16-15(12(5)13(6)22-16)17(21)20(14)9-11(3)4/h11H,7-10H2,1-6H3. The maximum absolute atomic E-state index is 13.0. The van der Waals surface area contributed by atoms with Gasteiger partial charge in [-0.25, -0.2) is 4.98 Å². The monoisotopic (exact) mass is 321 g/mol. The van der Waals surface area contributed by atoms with Gasteiger partial charge in [-0.05, 0) is 38.4 Å². The summed E-state index contributed by atoms with van der Waals surface area (Å²) in [4.78, 5) is 22.2. The molecule has 2 aromatic heterocycles. The van der Waals surface area contributed by atoms with E-state index in [0.717, 1.165) is 47.8 Å². The Labute approximate surface area is 136 Å². The van der Waals surface area contributed by atoms with Crippen LogP contribution in [0.5, 0.6) is 0 Å². The van der Waals surface area contributed by atoms with Gasteiger partial charge in [0.15, 0.2) is 0 Å². The molecule has 4 nitrogen and oxygen atoms in total. The molecule has 0 atom stereocenters. The molecule has 122 valence electrons. The molecule has 0 fully saturated rings. The molecule has 0 aliphatic carbocycles. The minimum absolute atomic E-state index is 0.128. The smallest absolute Gasteiger partial charge is 0.262 e. The first-order valence-electron chi connectivity index (χ1n) is 8.10. The third-order valence-electron chi connectivity index (χ3n) is 4.18. The van der Waals surface area contributed by atoms with E-state index in [1.165, 1.54) is 4.88 Å². The lowest BCUT2D eigenvalue weighted by molar-refractivity contribution is 0.279. The summed E-state index contributed by atoms with van der Waals surface area (Å²) >= 11 is 1.63. The summed E-state index contributed by atoms with van der Waals surface area (Å²) in [6.07, 6.45) is 0. The van der Waals surface area contributed by atoms with Gasteiger partial charge >= 0.3 is 0 Å². The molecule has 0 amide bonds. The van der Waals surface area contributed by atoms with Gasteiger partial charge < -0.3 is 0 Å². The van der Waals surface area contributed by atoms with Crippen molar-refractivity contribution in [1.82, 2.24) is 14.5 Å². The Morgan fingerprint density at radius 2 is 1.86 bits per heavy atom. The fraction of sp³-hybridized carbons (Fsp3) is 0.647. The molecule has 2 rings (SSSR count). The highest BCUT2D eigenvalue weighted by molar-refractivity contribution is 7.18. The Balaban J connectivity index is 2.64. The average Bonchev–Trinajstić information content (AvgIpc) is 2.75. The molecule has 5 heteroatoms. The zero-order valence-electron chi connectivity index (χ0n) is 14.6. The molecular weight excluding hydrogens is 294 g/mol. The Bertz CT molecular complexity index is 711. The summed E-state index contributed by atoms with van der Waals surface area (Å²) in [6.45, 7) is 16.1. The van der Waals surface area contributed by atoms with Gasteiger partial charge in [0, 0.05) is 11.4 Å². The summed E-state index contributed by atoms with van der Waals surface area (Å²) in [5.74, 6) is 1.32. The van der Waals surface area contributed by atoms with Crippen molar-refractivity contribution >= 4 is 21.6 Å². The minimum Gasteiger partial charge on any atom is -0.297 e. The lowest BCUT2D eigenvalue weighted by Crippen LogP contribution is -2.32. The van der Waals surface area contributed by atoms with Crippen molar-refractivity contribution < 1.29 is 0 Å².